The molecule has 0 bridgehead atoms. The Morgan fingerprint density at radius 1 is 0.829 bits per heavy atom. The largest absolute Gasteiger partial charge is 0.480 e. The molecule has 7 heteroatoms. The lowest BCUT2D eigenvalue weighted by molar-refractivity contribution is -0.139. The SMILES string of the molecule is CC(C)C[C@H](NC(=O)[C@H](CCc1ccc(C(C)C)cc1)N[C@H](C)C(=O)O)C(=O)Nc1ccccc1. The van der Waals surface area contributed by atoms with Crippen molar-refractivity contribution in [2.24, 2.45) is 5.92 Å². The van der Waals surface area contributed by atoms with E-state index in [-0.39, 0.29) is 17.7 Å². The first-order chi connectivity index (χ1) is 16.6. The first-order valence-corrected chi connectivity index (χ1v) is 12.3. The molecule has 35 heavy (non-hydrogen) atoms. The summed E-state index contributed by atoms with van der Waals surface area (Å²) >= 11 is 0. The van der Waals surface area contributed by atoms with Crippen molar-refractivity contribution in [3.05, 3.63) is 65.7 Å². The summed E-state index contributed by atoms with van der Waals surface area (Å²) in [7, 11) is 0. The molecule has 2 aromatic rings. The van der Waals surface area contributed by atoms with Gasteiger partial charge in [-0.15, -0.1) is 0 Å². The monoisotopic (exact) mass is 481 g/mol. The van der Waals surface area contributed by atoms with Crippen molar-refractivity contribution in [3.63, 3.8) is 0 Å². The van der Waals surface area contributed by atoms with E-state index in [9.17, 15) is 19.5 Å². The van der Waals surface area contributed by atoms with E-state index in [2.05, 4.69) is 41.9 Å². The zero-order chi connectivity index (χ0) is 26.0. The van der Waals surface area contributed by atoms with Crippen LogP contribution in [-0.4, -0.2) is 41.0 Å². The van der Waals surface area contributed by atoms with Gasteiger partial charge in [-0.05, 0) is 61.3 Å². The smallest absolute Gasteiger partial charge is 0.320 e. The average molecular weight is 482 g/mol. The number of carboxylic acids is 1. The minimum Gasteiger partial charge on any atom is -0.480 e. The molecule has 2 rings (SSSR count). The van der Waals surface area contributed by atoms with Gasteiger partial charge in [-0.2, -0.15) is 0 Å². The van der Waals surface area contributed by atoms with Gasteiger partial charge in [-0.1, -0.05) is 70.2 Å². The summed E-state index contributed by atoms with van der Waals surface area (Å²) in [5.41, 5.74) is 2.96. The number of aryl methyl sites for hydroxylation is 1. The first-order valence-electron chi connectivity index (χ1n) is 12.3. The van der Waals surface area contributed by atoms with Crippen LogP contribution in [0.25, 0.3) is 0 Å². The van der Waals surface area contributed by atoms with Crippen LogP contribution < -0.4 is 16.0 Å². The predicted octanol–water partition coefficient (Wildman–Crippen LogP) is 4.34. The molecular weight excluding hydrogens is 442 g/mol. The van der Waals surface area contributed by atoms with Crippen molar-refractivity contribution in [1.82, 2.24) is 10.6 Å². The Bertz CT molecular complexity index is 958. The molecule has 0 heterocycles. The van der Waals surface area contributed by atoms with Gasteiger partial charge in [0.1, 0.15) is 12.1 Å². The van der Waals surface area contributed by atoms with Crippen LogP contribution >= 0.6 is 0 Å². The minimum absolute atomic E-state index is 0.172. The van der Waals surface area contributed by atoms with Gasteiger partial charge in [0.15, 0.2) is 0 Å². The second kappa shape index (κ2) is 13.6. The minimum atomic E-state index is -1.04. The second-order valence-electron chi connectivity index (χ2n) is 9.76. The lowest BCUT2D eigenvalue weighted by Gasteiger charge is -2.25. The first kappa shape index (κ1) is 28.1. The average Bonchev–Trinajstić information content (AvgIpc) is 2.81. The van der Waals surface area contributed by atoms with Crippen LogP contribution in [-0.2, 0) is 20.8 Å². The fourth-order valence-electron chi connectivity index (χ4n) is 3.77. The summed E-state index contributed by atoms with van der Waals surface area (Å²) in [6.07, 6.45) is 1.46. The third kappa shape index (κ3) is 9.53. The number of hydrogen-bond acceptors (Lipinski definition) is 4. The molecule has 0 aliphatic heterocycles. The van der Waals surface area contributed by atoms with E-state index in [1.54, 1.807) is 12.1 Å². The maximum atomic E-state index is 13.3. The number of carbonyl (C=O) groups excluding carboxylic acids is 2. The number of aliphatic carboxylic acids is 1. The van der Waals surface area contributed by atoms with Crippen LogP contribution in [0.2, 0.25) is 0 Å². The number of nitrogens with one attached hydrogen (secondary N) is 3. The third-order valence-corrected chi connectivity index (χ3v) is 5.89. The number of carboxylic acid groups (broad SMARTS) is 1. The van der Waals surface area contributed by atoms with Gasteiger partial charge in [0.2, 0.25) is 11.8 Å². The van der Waals surface area contributed by atoms with Crippen LogP contribution in [0.1, 0.15) is 64.5 Å². The van der Waals surface area contributed by atoms with Gasteiger partial charge in [0, 0.05) is 5.69 Å². The van der Waals surface area contributed by atoms with E-state index in [0.717, 1.165) is 5.56 Å². The molecule has 0 aliphatic rings. The lowest BCUT2D eigenvalue weighted by Crippen LogP contribution is -2.54. The molecule has 4 N–H and O–H groups in total. The zero-order valence-electron chi connectivity index (χ0n) is 21.4. The Morgan fingerprint density at radius 3 is 2.00 bits per heavy atom. The van der Waals surface area contributed by atoms with Crippen molar-refractivity contribution >= 4 is 23.5 Å². The van der Waals surface area contributed by atoms with Gasteiger partial charge in [-0.25, -0.2) is 0 Å². The Kier molecular flexibility index (Phi) is 10.9. The van der Waals surface area contributed by atoms with Crippen LogP contribution in [0, 0.1) is 5.92 Å². The van der Waals surface area contributed by atoms with Gasteiger partial charge < -0.3 is 15.7 Å². The number of para-hydroxylation sites is 1. The van der Waals surface area contributed by atoms with Crippen LogP contribution in [0.3, 0.4) is 0 Å². The molecule has 3 atom stereocenters. The number of benzene rings is 2. The van der Waals surface area contributed by atoms with E-state index in [4.69, 9.17) is 0 Å². The second-order valence-corrected chi connectivity index (χ2v) is 9.76. The maximum Gasteiger partial charge on any atom is 0.320 e. The van der Waals surface area contributed by atoms with Gasteiger partial charge in [0.05, 0.1) is 6.04 Å². The van der Waals surface area contributed by atoms with Crippen LogP contribution in [0.15, 0.2) is 54.6 Å². The van der Waals surface area contributed by atoms with Crippen LogP contribution in [0.4, 0.5) is 5.69 Å². The molecule has 0 saturated carbocycles. The molecule has 0 fully saturated rings. The summed E-state index contributed by atoms with van der Waals surface area (Å²) in [6.45, 7) is 9.74. The van der Waals surface area contributed by atoms with E-state index >= 15 is 0 Å². The summed E-state index contributed by atoms with van der Waals surface area (Å²) in [5, 5.41) is 18.0. The third-order valence-electron chi connectivity index (χ3n) is 5.89. The number of anilines is 1. The molecule has 0 saturated heterocycles. The summed E-state index contributed by atoms with van der Waals surface area (Å²) in [6, 6.07) is 14.9. The number of amides is 2. The highest BCUT2D eigenvalue weighted by molar-refractivity contribution is 5.97. The lowest BCUT2D eigenvalue weighted by atomic mass is 9.98. The number of rotatable bonds is 13. The summed E-state index contributed by atoms with van der Waals surface area (Å²) in [5.74, 6) is -1.12. The number of hydrogen-bond donors (Lipinski definition) is 4. The van der Waals surface area contributed by atoms with Crippen molar-refractivity contribution in [2.75, 3.05) is 5.32 Å². The summed E-state index contributed by atoms with van der Waals surface area (Å²) in [4.78, 5) is 37.7. The van der Waals surface area contributed by atoms with Gasteiger partial charge in [-0.3, -0.25) is 19.7 Å². The molecule has 2 aromatic carbocycles. The highest BCUT2D eigenvalue weighted by atomic mass is 16.4. The fraction of sp³-hybridized carbons (Fsp3) is 0.464. The molecule has 7 nitrogen and oxygen atoms in total. The topological polar surface area (TPSA) is 108 Å². The molecule has 0 unspecified atom stereocenters. The van der Waals surface area contributed by atoms with E-state index in [0.29, 0.717) is 30.9 Å². The van der Waals surface area contributed by atoms with Crippen molar-refractivity contribution in [3.8, 4) is 0 Å². The Morgan fingerprint density at radius 2 is 1.46 bits per heavy atom. The molecule has 190 valence electrons. The maximum absolute atomic E-state index is 13.3. The highest BCUT2D eigenvalue weighted by Gasteiger charge is 2.28. The Balaban J connectivity index is 2.13. The molecule has 0 spiro atoms. The van der Waals surface area contributed by atoms with Gasteiger partial charge >= 0.3 is 5.97 Å². The highest BCUT2D eigenvalue weighted by Crippen LogP contribution is 2.16. The van der Waals surface area contributed by atoms with E-state index in [1.165, 1.54) is 12.5 Å². The van der Waals surface area contributed by atoms with Crippen molar-refractivity contribution < 1.29 is 19.5 Å². The Labute approximate surface area is 208 Å². The van der Waals surface area contributed by atoms with Crippen molar-refractivity contribution in [1.29, 1.82) is 0 Å². The molecule has 2 amide bonds. The Hall–Kier alpha value is -3.19. The molecule has 0 radical (unpaired) electrons. The predicted molar refractivity (Wildman–Crippen MR) is 139 cm³/mol. The van der Waals surface area contributed by atoms with Crippen molar-refractivity contribution in [2.45, 2.75) is 77.9 Å². The van der Waals surface area contributed by atoms with Crippen LogP contribution in [0.5, 0.6) is 0 Å². The standard InChI is InChI=1S/C28H39N3O4/c1-18(2)17-25(27(33)30-23-9-7-6-8-10-23)31-26(32)24(29-20(5)28(34)35)16-13-21-11-14-22(15-12-21)19(3)4/h6-12,14-15,18-20,24-25,29H,13,16-17H2,1-5H3,(H,30,33)(H,31,32)(H,34,35)/t20-,24+,25+/m1/s1. The quantitative estimate of drug-likeness (QED) is 0.340. The van der Waals surface area contributed by atoms with E-state index < -0.39 is 24.1 Å². The fourth-order valence-corrected chi connectivity index (χ4v) is 3.77. The summed E-state index contributed by atoms with van der Waals surface area (Å²) < 4.78 is 0. The zero-order valence-corrected chi connectivity index (χ0v) is 21.4. The molecular formula is C28H39N3O4. The van der Waals surface area contributed by atoms with E-state index in [1.807, 2.05) is 44.2 Å². The number of carbonyl (C=O) groups is 3. The van der Waals surface area contributed by atoms with Gasteiger partial charge in [0.25, 0.3) is 0 Å². The molecule has 0 aromatic heterocycles. The molecule has 0 aliphatic carbocycles. The normalized spacial score (nSPS) is 13.8.